The van der Waals surface area contributed by atoms with Gasteiger partial charge in [0.2, 0.25) is 11.8 Å². The Balaban J connectivity index is 1.39. The first-order valence-corrected chi connectivity index (χ1v) is 13.5. The summed E-state index contributed by atoms with van der Waals surface area (Å²) in [4.78, 5) is 39.3. The maximum Gasteiger partial charge on any atom is 0.319 e. The molecule has 3 N–H and O–H groups in total. The van der Waals surface area contributed by atoms with Gasteiger partial charge >= 0.3 is 6.03 Å². The standard InChI is InChI=1S/C26H32Br2N4O4/c1-16(2)18-14-21(27)24(22(28)15-18)31-26(35)29-11-8-23(33)32-12-9-17(10-13-32)25(34)30-19-4-6-20(36-3)7-5-19/h4-7,14-17H,8-13H2,1-3H3,(H,30,34)(H2,29,31,35). The topological polar surface area (TPSA) is 99.8 Å². The molecule has 0 aromatic heterocycles. The molecule has 0 radical (unpaired) electrons. The fourth-order valence-corrected chi connectivity index (χ4v) is 5.37. The molecule has 0 spiro atoms. The summed E-state index contributed by atoms with van der Waals surface area (Å²) in [6.45, 7) is 5.47. The first-order chi connectivity index (χ1) is 17.2. The summed E-state index contributed by atoms with van der Waals surface area (Å²) in [5.74, 6) is 0.878. The van der Waals surface area contributed by atoms with Crippen molar-refractivity contribution in [2.24, 2.45) is 5.92 Å². The zero-order chi connectivity index (χ0) is 26.2. The molecule has 1 saturated heterocycles. The molecule has 8 nitrogen and oxygen atoms in total. The molecule has 1 heterocycles. The molecular formula is C26H32Br2N4O4. The van der Waals surface area contributed by atoms with E-state index in [1.165, 1.54) is 0 Å². The fourth-order valence-electron chi connectivity index (χ4n) is 3.95. The summed E-state index contributed by atoms with van der Waals surface area (Å²) < 4.78 is 6.70. The SMILES string of the molecule is COc1ccc(NC(=O)C2CCN(C(=O)CCNC(=O)Nc3c(Br)cc(C(C)C)cc3Br)CC2)cc1. The van der Waals surface area contributed by atoms with E-state index in [1.54, 1.807) is 36.3 Å². The van der Waals surface area contributed by atoms with Crippen LogP contribution in [0.5, 0.6) is 5.75 Å². The number of carbonyl (C=O) groups is 3. The van der Waals surface area contributed by atoms with Crippen LogP contribution in [-0.2, 0) is 9.59 Å². The van der Waals surface area contributed by atoms with Gasteiger partial charge in [-0.2, -0.15) is 0 Å². The average molecular weight is 624 g/mol. The van der Waals surface area contributed by atoms with Crippen molar-refractivity contribution in [2.75, 3.05) is 37.4 Å². The van der Waals surface area contributed by atoms with Crippen molar-refractivity contribution in [3.05, 3.63) is 50.9 Å². The van der Waals surface area contributed by atoms with E-state index in [0.717, 1.165) is 25.9 Å². The van der Waals surface area contributed by atoms with Gasteiger partial charge in [0.25, 0.3) is 0 Å². The third-order valence-electron chi connectivity index (χ3n) is 6.17. The lowest BCUT2D eigenvalue weighted by molar-refractivity contribution is -0.134. The molecule has 36 heavy (non-hydrogen) atoms. The molecule has 1 aliphatic heterocycles. The van der Waals surface area contributed by atoms with Gasteiger partial charge in [-0.1, -0.05) is 13.8 Å². The molecule has 4 amide bonds. The maximum atomic E-state index is 12.6. The molecule has 1 aliphatic rings. The molecule has 0 saturated carbocycles. The van der Waals surface area contributed by atoms with Crippen molar-refractivity contribution in [1.82, 2.24) is 10.2 Å². The number of benzene rings is 2. The first kappa shape index (κ1) is 28.0. The quantitative estimate of drug-likeness (QED) is 0.350. The molecule has 0 unspecified atom stereocenters. The lowest BCUT2D eigenvalue weighted by atomic mass is 9.95. The number of ether oxygens (including phenoxy) is 1. The number of amides is 4. The molecule has 0 atom stereocenters. The Hall–Kier alpha value is -2.59. The normalized spacial score (nSPS) is 13.9. The zero-order valence-electron chi connectivity index (χ0n) is 20.7. The molecule has 10 heteroatoms. The van der Waals surface area contributed by atoms with E-state index < -0.39 is 0 Å². The largest absolute Gasteiger partial charge is 0.497 e. The van der Waals surface area contributed by atoms with Gasteiger partial charge in [-0.15, -0.1) is 0 Å². The van der Waals surface area contributed by atoms with Gasteiger partial charge in [-0.3, -0.25) is 9.59 Å². The highest BCUT2D eigenvalue weighted by Gasteiger charge is 2.27. The molecule has 1 fully saturated rings. The minimum absolute atomic E-state index is 0.0343. The second-order valence-electron chi connectivity index (χ2n) is 9.02. The molecule has 0 aliphatic carbocycles. The Labute approximate surface area is 228 Å². The first-order valence-electron chi connectivity index (χ1n) is 11.9. The van der Waals surface area contributed by atoms with Crippen molar-refractivity contribution in [1.29, 1.82) is 0 Å². The monoisotopic (exact) mass is 622 g/mol. The Morgan fingerprint density at radius 3 is 2.19 bits per heavy atom. The van der Waals surface area contributed by atoms with E-state index in [2.05, 4.69) is 61.7 Å². The van der Waals surface area contributed by atoms with Gasteiger partial charge in [-0.05, 0) is 92.6 Å². The highest BCUT2D eigenvalue weighted by atomic mass is 79.9. The van der Waals surface area contributed by atoms with Crippen molar-refractivity contribution >= 4 is 61.1 Å². The average Bonchev–Trinajstić information content (AvgIpc) is 2.86. The van der Waals surface area contributed by atoms with Crippen LogP contribution in [0, 0.1) is 5.92 Å². The Kier molecular flexibility index (Phi) is 10.2. The number of halogens is 2. The lowest BCUT2D eigenvalue weighted by Crippen LogP contribution is -2.42. The van der Waals surface area contributed by atoms with E-state index in [0.29, 0.717) is 37.5 Å². The Morgan fingerprint density at radius 1 is 1.03 bits per heavy atom. The highest BCUT2D eigenvalue weighted by Crippen LogP contribution is 2.34. The van der Waals surface area contributed by atoms with Crippen LogP contribution in [0.4, 0.5) is 16.2 Å². The predicted octanol–water partition coefficient (Wildman–Crippen LogP) is 5.73. The fraction of sp³-hybridized carbons (Fsp3) is 0.423. The molecule has 0 bridgehead atoms. The van der Waals surface area contributed by atoms with Crippen molar-refractivity contribution in [3.63, 3.8) is 0 Å². The van der Waals surface area contributed by atoms with Gasteiger partial charge < -0.3 is 25.6 Å². The summed E-state index contributed by atoms with van der Waals surface area (Å²) in [7, 11) is 1.60. The van der Waals surface area contributed by atoms with Crippen LogP contribution in [0.25, 0.3) is 0 Å². The van der Waals surface area contributed by atoms with Gasteiger partial charge in [0, 0.05) is 46.6 Å². The second kappa shape index (κ2) is 13.1. The lowest BCUT2D eigenvalue weighted by Gasteiger charge is -2.31. The number of anilines is 2. The number of rotatable bonds is 8. The smallest absolute Gasteiger partial charge is 0.319 e. The van der Waals surface area contributed by atoms with Crippen LogP contribution in [0.3, 0.4) is 0 Å². The third kappa shape index (κ3) is 7.70. The van der Waals surface area contributed by atoms with Gasteiger partial charge in [0.05, 0.1) is 12.8 Å². The minimum atomic E-state index is -0.379. The number of urea groups is 1. The Morgan fingerprint density at radius 2 is 1.64 bits per heavy atom. The molecule has 194 valence electrons. The molecule has 3 rings (SSSR count). The van der Waals surface area contributed by atoms with E-state index in [-0.39, 0.29) is 36.7 Å². The number of hydrogen-bond acceptors (Lipinski definition) is 4. The number of piperidine rings is 1. The van der Waals surface area contributed by atoms with Crippen LogP contribution in [0.15, 0.2) is 45.3 Å². The van der Waals surface area contributed by atoms with Crippen LogP contribution in [-0.4, -0.2) is 49.5 Å². The van der Waals surface area contributed by atoms with E-state index in [4.69, 9.17) is 4.74 Å². The number of methoxy groups -OCH3 is 1. The third-order valence-corrected chi connectivity index (χ3v) is 7.42. The van der Waals surface area contributed by atoms with E-state index in [9.17, 15) is 14.4 Å². The maximum absolute atomic E-state index is 12.6. The predicted molar refractivity (Wildman–Crippen MR) is 148 cm³/mol. The summed E-state index contributed by atoms with van der Waals surface area (Å²) in [5, 5.41) is 8.50. The minimum Gasteiger partial charge on any atom is -0.497 e. The van der Waals surface area contributed by atoms with Gasteiger partial charge in [-0.25, -0.2) is 4.79 Å². The summed E-state index contributed by atoms with van der Waals surface area (Å²) >= 11 is 7.02. The van der Waals surface area contributed by atoms with Gasteiger partial charge in [0.1, 0.15) is 5.75 Å². The van der Waals surface area contributed by atoms with Crippen LogP contribution in [0.1, 0.15) is 44.6 Å². The summed E-state index contributed by atoms with van der Waals surface area (Å²) in [5.41, 5.74) is 2.50. The number of nitrogens with one attached hydrogen (secondary N) is 3. The number of carbonyl (C=O) groups excluding carboxylic acids is 3. The molecule has 2 aromatic rings. The number of likely N-dealkylation sites (tertiary alicyclic amines) is 1. The molecular weight excluding hydrogens is 592 g/mol. The van der Waals surface area contributed by atoms with E-state index in [1.807, 2.05) is 12.1 Å². The summed E-state index contributed by atoms with van der Waals surface area (Å²) in [6, 6.07) is 10.8. The van der Waals surface area contributed by atoms with Gasteiger partial charge in [0.15, 0.2) is 0 Å². The summed E-state index contributed by atoms with van der Waals surface area (Å²) in [6.07, 6.45) is 1.41. The van der Waals surface area contributed by atoms with Crippen LogP contribution in [0.2, 0.25) is 0 Å². The van der Waals surface area contributed by atoms with Crippen molar-refractivity contribution < 1.29 is 19.1 Å². The molecule has 2 aromatic carbocycles. The zero-order valence-corrected chi connectivity index (χ0v) is 23.9. The Bertz CT molecular complexity index is 1060. The van der Waals surface area contributed by atoms with Crippen molar-refractivity contribution in [3.8, 4) is 5.75 Å². The number of nitrogens with zero attached hydrogens (tertiary/aromatic N) is 1. The highest BCUT2D eigenvalue weighted by molar-refractivity contribution is 9.11. The van der Waals surface area contributed by atoms with E-state index >= 15 is 0 Å². The second-order valence-corrected chi connectivity index (χ2v) is 10.7. The van der Waals surface area contributed by atoms with Crippen LogP contribution < -0.4 is 20.7 Å². The van der Waals surface area contributed by atoms with Crippen molar-refractivity contribution in [2.45, 2.75) is 39.0 Å². The number of hydrogen-bond donors (Lipinski definition) is 3. The van der Waals surface area contributed by atoms with Crippen LogP contribution >= 0.6 is 31.9 Å².